The topological polar surface area (TPSA) is 69.2 Å². The molecule has 0 saturated carbocycles. The van der Waals surface area contributed by atoms with Gasteiger partial charge in [-0.2, -0.15) is 13.2 Å². The maximum atomic E-state index is 12.9. The van der Waals surface area contributed by atoms with E-state index in [2.05, 4.69) is 15.6 Å². The molecule has 1 saturated heterocycles. The first-order valence-electron chi connectivity index (χ1n) is 9.45. The van der Waals surface area contributed by atoms with Crippen LogP contribution in [0, 0.1) is 0 Å². The van der Waals surface area contributed by atoms with Crippen molar-refractivity contribution in [3.8, 4) is 5.75 Å². The van der Waals surface area contributed by atoms with Gasteiger partial charge in [0.25, 0.3) is 5.91 Å². The molecule has 0 bridgehead atoms. The number of hydrogen-bond acceptors (Lipinski definition) is 4. The fourth-order valence-electron chi connectivity index (χ4n) is 3.06. The number of amides is 1. The minimum absolute atomic E-state index is 0.195. The van der Waals surface area contributed by atoms with E-state index in [-0.39, 0.29) is 5.91 Å². The van der Waals surface area contributed by atoms with E-state index in [4.69, 9.17) is 4.74 Å². The predicted octanol–water partition coefficient (Wildman–Crippen LogP) is 1.57. The van der Waals surface area contributed by atoms with Crippen molar-refractivity contribution < 1.29 is 22.7 Å². The van der Waals surface area contributed by atoms with E-state index in [1.165, 1.54) is 11.8 Å². The molecule has 2 N–H and O–H groups in total. The lowest BCUT2D eigenvalue weighted by Gasteiger charge is -2.39. The molecule has 162 valence electrons. The fraction of sp³-hybridized carbons (Fsp3) is 0.579. The summed E-state index contributed by atoms with van der Waals surface area (Å²) in [6.07, 6.45) is -4.22. The Balaban J connectivity index is 1.73. The van der Waals surface area contributed by atoms with Crippen molar-refractivity contribution in [2.75, 3.05) is 53.4 Å². The average Bonchev–Trinajstić information content (AvgIpc) is 2.72. The minimum Gasteiger partial charge on any atom is -0.497 e. The van der Waals surface area contributed by atoms with Gasteiger partial charge in [0.2, 0.25) is 0 Å². The van der Waals surface area contributed by atoms with Gasteiger partial charge in [-0.05, 0) is 31.2 Å². The van der Waals surface area contributed by atoms with Crippen LogP contribution in [0.4, 0.5) is 13.2 Å². The monoisotopic (exact) mass is 415 g/mol. The van der Waals surface area contributed by atoms with Gasteiger partial charge in [-0.3, -0.25) is 14.7 Å². The summed E-state index contributed by atoms with van der Waals surface area (Å²) in [5, 5.41) is 5.95. The minimum atomic E-state index is -4.22. The first kappa shape index (κ1) is 22.8. The van der Waals surface area contributed by atoms with E-state index < -0.39 is 12.2 Å². The molecule has 1 amide bonds. The van der Waals surface area contributed by atoms with Crippen molar-refractivity contribution in [2.45, 2.75) is 19.1 Å². The van der Waals surface area contributed by atoms with Crippen molar-refractivity contribution in [1.29, 1.82) is 0 Å². The van der Waals surface area contributed by atoms with Crippen LogP contribution in [0.15, 0.2) is 29.3 Å². The molecule has 1 aliphatic heterocycles. The second-order valence-electron chi connectivity index (χ2n) is 6.70. The van der Waals surface area contributed by atoms with Gasteiger partial charge in [0.1, 0.15) is 11.8 Å². The number of methoxy groups -OCH3 is 1. The van der Waals surface area contributed by atoms with E-state index >= 15 is 0 Å². The van der Waals surface area contributed by atoms with Gasteiger partial charge in [-0.25, -0.2) is 0 Å². The van der Waals surface area contributed by atoms with Crippen molar-refractivity contribution >= 4 is 11.9 Å². The molecular weight excluding hydrogens is 387 g/mol. The molecule has 7 nitrogen and oxygen atoms in total. The Hall–Kier alpha value is -2.49. The zero-order valence-corrected chi connectivity index (χ0v) is 16.9. The number of ether oxygens (including phenoxy) is 1. The van der Waals surface area contributed by atoms with Gasteiger partial charge in [0.05, 0.1) is 7.11 Å². The molecular formula is C19H28F3N5O2. The van der Waals surface area contributed by atoms with Crippen LogP contribution >= 0.6 is 0 Å². The standard InChI is InChI=1S/C19H28F3N5O2/c1-14(19(20,21)22)26-10-12-27(13-11-26)18(23-2)25-9-8-24-17(28)15-4-6-16(29-3)7-5-15/h4-7,14H,8-13H2,1-3H3,(H,23,25)(H,24,28). The second kappa shape index (κ2) is 10.3. The molecule has 0 aromatic heterocycles. The SMILES string of the molecule is CN=C(NCCNC(=O)c1ccc(OC)cc1)N1CCN(C(C)C(F)(F)F)CC1. The zero-order chi connectivity index (χ0) is 21.4. The van der Waals surface area contributed by atoms with E-state index in [9.17, 15) is 18.0 Å². The van der Waals surface area contributed by atoms with Crippen molar-refractivity contribution in [3.63, 3.8) is 0 Å². The highest BCUT2D eigenvalue weighted by Gasteiger charge is 2.41. The molecule has 10 heteroatoms. The number of nitrogens with one attached hydrogen (secondary N) is 2. The molecule has 1 heterocycles. The highest BCUT2D eigenvalue weighted by Crippen LogP contribution is 2.25. The highest BCUT2D eigenvalue weighted by molar-refractivity contribution is 5.94. The molecule has 1 aliphatic rings. The molecule has 0 spiro atoms. The fourth-order valence-corrected chi connectivity index (χ4v) is 3.06. The predicted molar refractivity (Wildman–Crippen MR) is 105 cm³/mol. The zero-order valence-electron chi connectivity index (χ0n) is 16.9. The van der Waals surface area contributed by atoms with Crippen LogP contribution in [-0.4, -0.2) is 87.3 Å². The number of piperazine rings is 1. The lowest BCUT2D eigenvalue weighted by Crippen LogP contribution is -2.57. The summed E-state index contributed by atoms with van der Waals surface area (Å²) in [4.78, 5) is 19.7. The average molecular weight is 415 g/mol. The normalized spacial score (nSPS) is 17.0. The Bertz CT molecular complexity index is 686. The Morgan fingerprint density at radius 1 is 1.14 bits per heavy atom. The first-order valence-corrected chi connectivity index (χ1v) is 9.45. The lowest BCUT2D eigenvalue weighted by atomic mass is 10.2. The number of alkyl halides is 3. The number of rotatable bonds is 6. The molecule has 29 heavy (non-hydrogen) atoms. The van der Waals surface area contributed by atoms with Gasteiger partial charge in [-0.15, -0.1) is 0 Å². The van der Waals surface area contributed by atoms with E-state index in [1.807, 2.05) is 4.90 Å². The summed E-state index contributed by atoms with van der Waals surface area (Å²) in [6.45, 7) is 3.57. The van der Waals surface area contributed by atoms with Crippen LogP contribution in [0.1, 0.15) is 17.3 Å². The van der Waals surface area contributed by atoms with Crippen LogP contribution in [-0.2, 0) is 0 Å². The van der Waals surface area contributed by atoms with Crippen LogP contribution in [0.25, 0.3) is 0 Å². The number of aliphatic imine (C=N–C) groups is 1. The van der Waals surface area contributed by atoms with Crippen LogP contribution < -0.4 is 15.4 Å². The summed E-state index contributed by atoms with van der Waals surface area (Å²) < 4.78 is 43.6. The number of nitrogens with zero attached hydrogens (tertiary/aromatic N) is 3. The number of carbonyl (C=O) groups is 1. The Morgan fingerprint density at radius 3 is 2.24 bits per heavy atom. The van der Waals surface area contributed by atoms with Crippen molar-refractivity contribution in [1.82, 2.24) is 20.4 Å². The van der Waals surface area contributed by atoms with Crippen LogP contribution in [0.5, 0.6) is 5.75 Å². The summed E-state index contributed by atoms with van der Waals surface area (Å²) in [6, 6.07) is 5.35. The Labute approximate surface area is 168 Å². The molecule has 1 fully saturated rings. The smallest absolute Gasteiger partial charge is 0.403 e. The van der Waals surface area contributed by atoms with Crippen LogP contribution in [0.3, 0.4) is 0 Å². The number of halogens is 3. The van der Waals surface area contributed by atoms with Gasteiger partial charge in [0.15, 0.2) is 5.96 Å². The molecule has 1 aromatic carbocycles. The number of carbonyl (C=O) groups excluding carboxylic acids is 1. The molecule has 1 aromatic rings. The number of guanidine groups is 1. The third-order valence-corrected chi connectivity index (χ3v) is 4.89. The van der Waals surface area contributed by atoms with E-state index in [1.54, 1.807) is 38.4 Å². The summed E-state index contributed by atoms with van der Waals surface area (Å²) in [5.74, 6) is 1.10. The van der Waals surface area contributed by atoms with Crippen molar-refractivity contribution in [2.24, 2.45) is 4.99 Å². The van der Waals surface area contributed by atoms with Crippen LogP contribution in [0.2, 0.25) is 0 Å². The van der Waals surface area contributed by atoms with Gasteiger partial charge >= 0.3 is 6.18 Å². The maximum absolute atomic E-state index is 12.9. The second-order valence-corrected chi connectivity index (χ2v) is 6.70. The third kappa shape index (κ3) is 6.52. The molecule has 0 aliphatic carbocycles. The van der Waals surface area contributed by atoms with Gasteiger partial charge < -0.3 is 20.3 Å². The maximum Gasteiger partial charge on any atom is 0.403 e. The molecule has 0 radical (unpaired) electrons. The lowest BCUT2D eigenvalue weighted by molar-refractivity contribution is -0.181. The molecule has 1 unspecified atom stereocenters. The summed E-state index contributed by atoms with van der Waals surface area (Å²) in [5.41, 5.74) is 0.532. The quantitative estimate of drug-likeness (QED) is 0.419. The Kier molecular flexibility index (Phi) is 8.12. The third-order valence-electron chi connectivity index (χ3n) is 4.89. The number of hydrogen-bond donors (Lipinski definition) is 2. The first-order chi connectivity index (χ1) is 13.8. The Morgan fingerprint density at radius 2 is 1.72 bits per heavy atom. The molecule has 2 rings (SSSR count). The highest BCUT2D eigenvalue weighted by atomic mass is 19.4. The molecule has 1 atom stereocenters. The largest absolute Gasteiger partial charge is 0.497 e. The van der Waals surface area contributed by atoms with E-state index in [0.717, 1.165) is 0 Å². The van der Waals surface area contributed by atoms with Crippen molar-refractivity contribution in [3.05, 3.63) is 29.8 Å². The van der Waals surface area contributed by atoms with Gasteiger partial charge in [-0.1, -0.05) is 0 Å². The number of benzene rings is 1. The van der Waals surface area contributed by atoms with E-state index in [0.29, 0.717) is 56.5 Å². The summed E-state index contributed by atoms with van der Waals surface area (Å²) in [7, 11) is 3.19. The summed E-state index contributed by atoms with van der Waals surface area (Å²) >= 11 is 0. The van der Waals surface area contributed by atoms with Gasteiger partial charge in [0, 0.05) is 51.9 Å².